The smallest absolute Gasteiger partial charge is 0.204 e. The highest BCUT2D eigenvalue weighted by molar-refractivity contribution is 7.22. The number of nitrogens with zero attached hydrogens (tertiary/aromatic N) is 2. The molecule has 1 aliphatic carbocycles. The summed E-state index contributed by atoms with van der Waals surface area (Å²) in [6, 6.07) is 16.6. The Morgan fingerprint density at radius 1 is 1.00 bits per heavy atom. The number of thiazole rings is 1. The molecule has 0 saturated carbocycles. The zero-order chi connectivity index (χ0) is 13.4. The topological polar surface area (TPSA) is 37.3 Å². The van der Waals surface area contributed by atoms with Crippen LogP contribution >= 0.6 is 11.3 Å². The minimum atomic E-state index is 0.850. The van der Waals surface area contributed by atoms with Crippen LogP contribution in [-0.2, 0) is 6.42 Å². The fourth-order valence-electron chi connectivity index (χ4n) is 2.56. The van der Waals surface area contributed by atoms with Gasteiger partial charge in [0.1, 0.15) is 0 Å². The molecule has 20 heavy (non-hydrogen) atoms. The van der Waals surface area contributed by atoms with Crippen molar-refractivity contribution in [3.63, 3.8) is 0 Å². The molecule has 0 atom stereocenters. The van der Waals surface area contributed by atoms with E-state index < -0.39 is 0 Å². The van der Waals surface area contributed by atoms with Gasteiger partial charge in [-0.2, -0.15) is 5.10 Å². The van der Waals surface area contributed by atoms with Crippen LogP contribution in [0.25, 0.3) is 10.2 Å². The molecule has 0 saturated heterocycles. The summed E-state index contributed by atoms with van der Waals surface area (Å²) < 4.78 is 1.18. The molecule has 0 radical (unpaired) electrons. The number of benzene rings is 2. The van der Waals surface area contributed by atoms with Gasteiger partial charge < -0.3 is 0 Å². The van der Waals surface area contributed by atoms with Gasteiger partial charge in [0.15, 0.2) is 0 Å². The lowest BCUT2D eigenvalue weighted by Crippen LogP contribution is -1.99. The van der Waals surface area contributed by atoms with Crippen LogP contribution in [0.1, 0.15) is 17.5 Å². The second-order valence-corrected chi connectivity index (χ2v) is 5.84. The van der Waals surface area contributed by atoms with E-state index in [9.17, 15) is 0 Å². The Kier molecular flexibility index (Phi) is 2.74. The first-order valence-corrected chi connectivity index (χ1v) is 7.48. The molecule has 1 heterocycles. The lowest BCUT2D eigenvalue weighted by atomic mass is 10.1. The number of rotatable bonds is 2. The summed E-state index contributed by atoms with van der Waals surface area (Å²) >= 11 is 1.63. The number of hydrogen-bond donors (Lipinski definition) is 1. The monoisotopic (exact) mass is 279 g/mol. The number of aromatic nitrogens is 1. The third-order valence-electron chi connectivity index (χ3n) is 3.54. The molecule has 98 valence electrons. The molecule has 1 aromatic heterocycles. The van der Waals surface area contributed by atoms with Gasteiger partial charge in [0, 0.05) is 5.56 Å². The SMILES string of the molecule is c1ccc2c(c1)CC/C2=N/Nc1nc2ccccc2s1. The number of para-hydroxylation sites is 1. The van der Waals surface area contributed by atoms with Crippen molar-refractivity contribution in [3.8, 4) is 0 Å². The van der Waals surface area contributed by atoms with E-state index in [1.165, 1.54) is 15.8 Å². The quantitative estimate of drug-likeness (QED) is 0.718. The van der Waals surface area contributed by atoms with Gasteiger partial charge in [0.2, 0.25) is 5.13 Å². The number of nitrogens with one attached hydrogen (secondary N) is 1. The Balaban J connectivity index is 1.63. The average molecular weight is 279 g/mol. The van der Waals surface area contributed by atoms with Crippen molar-refractivity contribution in [2.24, 2.45) is 5.10 Å². The van der Waals surface area contributed by atoms with Crippen molar-refractivity contribution in [1.29, 1.82) is 0 Å². The molecule has 0 amide bonds. The summed E-state index contributed by atoms with van der Waals surface area (Å²) in [6.07, 6.45) is 2.08. The number of hydrazone groups is 1. The predicted molar refractivity (Wildman–Crippen MR) is 84.5 cm³/mol. The van der Waals surface area contributed by atoms with E-state index >= 15 is 0 Å². The normalized spacial score (nSPS) is 15.7. The lowest BCUT2D eigenvalue weighted by Gasteiger charge is -1.99. The van der Waals surface area contributed by atoms with Gasteiger partial charge in [-0.1, -0.05) is 47.7 Å². The molecule has 3 aromatic rings. The van der Waals surface area contributed by atoms with Crippen LogP contribution in [0.15, 0.2) is 53.6 Å². The standard InChI is InChI=1S/C16H13N3S/c1-2-6-12-11(5-1)9-10-13(12)18-19-16-17-14-7-3-4-8-15(14)20-16/h1-8H,9-10H2,(H,17,19)/b18-13-. The summed E-state index contributed by atoms with van der Waals surface area (Å²) in [4.78, 5) is 4.53. The minimum absolute atomic E-state index is 0.850. The van der Waals surface area contributed by atoms with Gasteiger partial charge in [0.05, 0.1) is 15.9 Å². The van der Waals surface area contributed by atoms with Crippen LogP contribution in [0.2, 0.25) is 0 Å². The highest BCUT2D eigenvalue weighted by Crippen LogP contribution is 2.26. The van der Waals surface area contributed by atoms with Crippen molar-refractivity contribution in [1.82, 2.24) is 4.98 Å². The van der Waals surface area contributed by atoms with Gasteiger partial charge in [-0.15, -0.1) is 0 Å². The Hall–Kier alpha value is -2.20. The molecule has 4 heteroatoms. The molecule has 0 bridgehead atoms. The minimum Gasteiger partial charge on any atom is -0.252 e. The van der Waals surface area contributed by atoms with Gasteiger partial charge in [-0.3, -0.25) is 5.43 Å². The molecule has 0 spiro atoms. The van der Waals surface area contributed by atoms with E-state index in [4.69, 9.17) is 0 Å². The van der Waals surface area contributed by atoms with Crippen molar-refractivity contribution < 1.29 is 0 Å². The highest BCUT2D eigenvalue weighted by atomic mass is 32.1. The number of anilines is 1. The van der Waals surface area contributed by atoms with Crippen molar-refractivity contribution in [3.05, 3.63) is 59.7 Å². The third-order valence-corrected chi connectivity index (χ3v) is 4.48. The van der Waals surface area contributed by atoms with E-state index in [0.717, 1.165) is 29.2 Å². The first-order chi connectivity index (χ1) is 9.90. The summed E-state index contributed by atoms with van der Waals surface area (Å²) in [5, 5.41) is 5.39. The molecule has 3 nitrogen and oxygen atoms in total. The maximum absolute atomic E-state index is 4.54. The maximum Gasteiger partial charge on any atom is 0.204 e. The van der Waals surface area contributed by atoms with Gasteiger partial charge in [-0.25, -0.2) is 4.98 Å². The Morgan fingerprint density at radius 3 is 2.80 bits per heavy atom. The second-order valence-electron chi connectivity index (χ2n) is 4.81. The zero-order valence-corrected chi connectivity index (χ0v) is 11.7. The predicted octanol–water partition coefficient (Wildman–Crippen LogP) is 4.06. The van der Waals surface area contributed by atoms with E-state index in [1.54, 1.807) is 11.3 Å². The largest absolute Gasteiger partial charge is 0.252 e. The van der Waals surface area contributed by atoms with Crippen molar-refractivity contribution >= 4 is 32.4 Å². The van der Waals surface area contributed by atoms with Gasteiger partial charge >= 0.3 is 0 Å². The Morgan fingerprint density at radius 2 is 1.85 bits per heavy atom. The highest BCUT2D eigenvalue weighted by Gasteiger charge is 2.16. The Bertz CT molecular complexity index is 771. The first-order valence-electron chi connectivity index (χ1n) is 6.66. The molecule has 0 unspecified atom stereocenters. The molecular weight excluding hydrogens is 266 g/mol. The van der Waals surface area contributed by atoms with Gasteiger partial charge in [-0.05, 0) is 30.5 Å². The van der Waals surface area contributed by atoms with Crippen LogP contribution in [-0.4, -0.2) is 10.7 Å². The van der Waals surface area contributed by atoms with Crippen LogP contribution in [0.4, 0.5) is 5.13 Å². The molecular formula is C16H13N3S. The fraction of sp³-hybridized carbons (Fsp3) is 0.125. The lowest BCUT2D eigenvalue weighted by molar-refractivity contribution is 1.09. The molecule has 0 aliphatic heterocycles. The second kappa shape index (κ2) is 4.72. The first kappa shape index (κ1) is 11.6. The molecule has 0 fully saturated rings. The molecule has 4 rings (SSSR count). The third kappa shape index (κ3) is 1.98. The van der Waals surface area contributed by atoms with E-state index in [2.05, 4.69) is 45.8 Å². The van der Waals surface area contributed by atoms with E-state index in [1.807, 2.05) is 18.2 Å². The maximum atomic E-state index is 4.54. The van der Waals surface area contributed by atoms with Crippen LogP contribution in [0.3, 0.4) is 0 Å². The summed E-state index contributed by atoms with van der Waals surface area (Å²) in [7, 11) is 0. The Labute approximate surface area is 121 Å². The zero-order valence-electron chi connectivity index (χ0n) is 10.8. The average Bonchev–Trinajstić information content (AvgIpc) is 3.08. The number of hydrogen-bond acceptors (Lipinski definition) is 4. The van der Waals surface area contributed by atoms with E-state index in [0.29, 0.717) is 0 Å². The molecule has 1 aliphatic rings. The van der Waals surface area contributed by atoms with Crippen molar-refractivity contribution in [2.75, 3.05) is 5.43 Å². The number of aryl methyl sites for hydroxylation is 1. The van der Waals surface area contributed by atoms with E-state index in [-0.39, 0.29) is 0 Å². The van der Waals surface area contributed by atoms with Crippen LogP contribution in [0.5, 0.6) is 0 Å². The summed E-state index contributed by atoms with van der Waals surface area (Å²) in [6.45, 7) is 0. The summed E-state index contributed by atoms with van der Waals surface area (Å²) in [5.74, 6) is 0. The molecule has 2 aromatic carbocycles. The number of fused-ring (bicyclic) bond motifs is 2. The van der Waals surface area contributed by atoms with Crippen LogP contribution < -0.4 is 5.43 Å². The van der Waals surface area contributed by atoms with Gasteiger partial charge in [0.25, 0.3) is 0 Å². The van der Waals surface area contributed by atoms with Crippen LogP contribution in [0, 0.1) is 0 Å². The van der Waals surface area contributed by atoms with Crippen molar-refractivity contribution in [2.45, 2.75) is 12.8 Å². The fourth-order valence-corrected chi connectivity index (χ4v) is 3.37. The summed E-state index contributed by atoms with van der Waals surface area (Å²) in [5.41, 5.74) is 7.91. The molecule has 1 N–H and O–H groups in total.